The van der Waals surface area contributed by atoms with Crippen molar-refractivity contribution >= 4 is 27.6 Å². The Morgan fingerprint density at radius 3 is 2.73 bits per heavy atom. The minimum absolute atomic E-state index is 0.173. The van der Waals surface area contributed by atoms with Gasteiger partial charge in [0, 0.05) is 15.7 Å². The highest BCUT2D eigenvalue weighted by molar-refractivity contribution is 9.10. The second-order valence-corrected chi connectivity index (χ2v) is 6.69. The van der Waals surface area contributed by atoms with Crippen molar-refractivity contribution < 1.29 is 9.47 Å². The maximum absolute atomic E-state index is 5.63. The van der Waals surface area contributed by atoms with Gasteiger partial charge in [-0.15, -0.1) is 0 Å². The summed E-state index contributed by atoms with van der Waals surface area (Å²) in [5.74, 6) is 2.05. The van der Waals surface area contributed by atoms with Crippen LogP contribution >= 0.6 is 15.9 Å². The summed E-state index contributed by atoms with van der Waals surface area (Å²) in [6.07, 6.45) is 3.65. The molecule has 0 saturated heterocycles. The molecule has 0 spiro atoms. The molecular weight excluding hydrogens is 396 g/mol. The molecule has 4 rings (SSSR count). The van der Waals surface area contributed by atoms with Crippen LogP contribution in [0.5, 0.6) is 11.5 Å². The van der Waals surface area contributed by atoms with Crippen LogP contribution in [0.3, 0.4) is 0 Å². The standard InChI is InChI=1S/C19H17BrN4O2/c1-25-17-8-4-7-14(18(17)26-2)16-10-15(12-5-3-6-13(20)9-12)23-19-21-11-22-24(16)19/h3-11,16H,1-2H3,(H,21,22,23)/t16-/m1/s1. The molecule has 0 unspecified atom stereocenters. The van der Waals surface area contributed by atoms with E-state index < -0.39 is 0 Å². The average Bonchev–Trinajstić information content (AvgIpc) is 3.15. The number of fused-ring (bicyclic) bond motifs is 1. The molecule has 0 aliphatic carbocycles. The van der Waals surface area contributed by atoms with Gasteiger partial charge in [0.15, 0.2) is 11.5 Å². The molecule has 1 N–H and O–H groups in total. The molecule has 7 heteroatoms. The summed E-state index contributed by atoms with van der Waals surface area (Å²) in [6.45, 7) is 0. The molecule has 0 bridgehead atoms. The van der Waals surface area contributed by atoms with E-state index >= 15 is 0 Å². The zero-order valence-corrected chi connectivity index (χ0v) is 15.9. The molecule has 0 fully saturated rings. The van der Waals surface area contributed by atoms with Crippen molar-refractivity contribution in [3.63, 3.8) is 0 Å². The SMILES string of the molecule is COc1cccc([C@H]2C=C(c3cccc(Br)c3)Nc3ncnn32)c1OC. The summed E-state index contributed by atoms with van der Waals surface area (Å²) >= 11 is 3.53. The molecule has 0 amide bonds. The highest BCUT2D eigenvalue weighted by atomic mass is 79.9. The first kappa shape index (κ1) is 16.7. The molecular formula is C19H17BrN4O2. The number of anilines is 1. The average molecular weight is 413 g/mol. The van der Waals surface area contributed by atoms with Gasteiger partial charge in [0.25, 0.3) is 0 Å². The highest BCUT2D eigenvalue weighted by Crippen LogP contribution is 2.40. The number of benzene rings is 2. The first-order valence-electron chi connectivity index (χ1n) is 8.06. The lowest BCUT2D eigenvalue weighted by molar-refractivity contribution is 0.349. The summed E-state index contributed by atoms with van der Waals surface area (Å²) in [6, 6.07) is 13.8. The lowest BCUT2D eigenvalue weighted by Crippen LogP contribution is -2.20. The number of hydrogen-bond donors (Lipinski definition) is 1. The van der Waals surface area contributed by atoms with E-state index in [9.17, 15) is 0 Å². The molecule has 0 saturated carbocycles. The third kappa shape index (κ3) is 2.84. The fraction of sp³-hybridized carbons (Fsp3) is 0.158. The van der Waals surface area contributed by atoms with Crippen LogP contribution in [0.15, 0.2) is 59.3 Å². The molecule has 132 valence electrons. The van der Waals surface area contributed by atoms with Crippen LogP contribution < -0.4 is 14.8 Å². The van der Waals surface area contributed by atoms with E-state index in [1.807, 2.05) is 35.0 Å². The van der Waals surface area contributed by atoms with Crippen LogP contribution in [-0.2, 0) is 0 Å². The predicted octanol–water partition coefficient (Wildman–Crippen LogP) is 4.11. The van der Waals surface area contributed by atoms with Crippen molar-refractivity contribution in [3.05, 3.63) is 70.5 Å². The monoisotopic (exact) mass is 412 g/mol. The van der Waals surface area contributed by atoms with E-state index in [1.54, 1.807) is 20.5 Å². The first-order chi connectivity index (χ1) is 12.7. The van der Waals surface area contributed by atoms with Crippen molar-refractivity contribution in [2.45, 2.75) is 6.04 Å². The molecule has 26 heavy (non-hydrogen) atoms. The summed E-state index contributed by atoms with van der Waals surface area (Å²) in [5.41, 5.74) is 2.97. The van der Waals surface area contributed by atoms with E-state index in [0.717, 1.165) is 21.3 Å². The number of allylic oxidation sites excluding steroid dienone is 1. The number of aromatic nitrogens is 3. The second kappa shape index (κ2) is 6.84. The topological polar surface area (TPSA) is 61.2 Å². The van der Waals surface area contributed by atoms with Gasteiger partial charge in [-0.25, -0.2) is 4.68 Å². The number of rotatable bonds is 4. The van der Waals surface area contributed by atoms with Crippen molar-refractivity contribution in [1.82, 2.24) is 14.8 Å². The quantitative estimate of drug-likeness (QED) is 0.698. The van der Waals surface area contributed by atoms with Crippen LogP contribution in [-0.4, -0.2) is 29.0 Å². The maximum atomic E-state index is 5.63. The zero-order chi connectivity index (χ0) is 18.1. The Balaban J connectivity index is 1.87. The van der Waals surface area contributed by atoms with Crippen LogP contribution in [0.1, 0.15) is 17.2 Å². The molecule has 3 aromatic rings. The van der Waals surface area contributed by atoms with Gasteiger partial charge in [0.05, 0.1) is 14.2 Å². The van der Waals surface area contributed by atoms with E-state index in [-0.39, 0.29) is 6.04 Å². The van der Waals surface area contributed by atoms with Gasteiger partial charge in [-0.3, -0.25) is 0 Å². The highest BCUT2D eigenvalue weighted by Gasteiger charge is 2.27. The Morgan fingerprint density at radius 2 is 1.96 bits per heavy atom. The predicted molar refractivity (Wildman–Crippen MR) is 103 cm³/mol. The van der Waals surface area contributed by atoms with E-state index in [4.69, 9.17) is 9.47 Å². The summed E-state index contributed by atoms with van der Waals surface area (Å²) in [5, 5.41) is 7.73. The van der Waals surface area contributed by atoms with Crippen LogP contribution in [0, 0.1) is 0 Å². The second-order valence-electron chi connectivity index (χ2n) is 5.77. The maximum Gasteiger partial charge on any atom is 0.226 e. The summed E-state index contributed by atoms with van der Waals surface area (Å²) in [7, 11) is 3.28. The van der Waals surface area contributed by atoms with Gasteiger partial charge < -0.3 is 14.8 Å². The number of methoxy groups -OCH3 is 2. The van der Waals surface area contributed by atoms with E-state index in [0.29, 0.717) is 17.4 Å². The Labute approximate surface area is 159 Å². The van der Waals surface area contributed by atoms with Gasteiger partial charge >= 0.3 is 0 Å². The molecule has 1 atom stereocenters. The van der Waals surface area contributed by atoms with Crippen molar-refractivity contribution in [2.75, 3.05) is 19.5 Å². The largest absolute Gasteiger partial charge is 0.493 e. The Hall–Kier alpha value is -2.80. The molecule has 6 nitrogen and oxygen atoms in total. The van der Waals surface area contributed by atoms with Crippen LogP contribution in [0.25, 0.3) is 5.70 Å². The number of nitrogens with one attached hydrogen (secondary N) is 1. The Morgan fingerprint density at radius 1 is 1.12 bits per heavy atom. The lowest BCUT2D eigenvalue weighted by atomic mass is 10.0. The molecule has 1 aliphatic rings. The van der Waals surface area contributed by atoms with E-state index in [2.05, 4.69) is 49.5 Å². The van der Waals surface area contributed by atoms with Crippen molar-refractivity contribution in [3.8, 4) is 11.5 Å². The van der Waals surface area contributed by atoms with Gasteiger partial charge in [0.2, 0.25) is 5.95 Å². The van der Waals surface area contributed by atoms with E-state index in [1.165, 1.54) is 0 Å². The Kier molecular flexibility index (Phi) is 4.38. The number of halogens is 1. The van der Waals surface area contributed by atoms with Gasteiger partial charge in [0.1, 0.15) is 12.4 Å². The van der Waals surface area contributed by atoms with Crippen LogP contribution in [0.4, 0.5) is 5.95 Å². The number of hydrogen-bond acceptors (Lipinski definition) is 5. The zero-order valence-electron chi connectivity index (χ0n) is 14.3. The third-order valence-electron chi connectivity index (χ3n) is 4.30. The summed E-state index contributed by atoms with van der Waals surface area (Å²) in [4.78, 5) is 4.34. The lowest BCUT2D eigenvalue weighted by Gasteiger charge is -2.26. The Bertz CT molecular complexity index is 983. The summed E-state index contributed by atoms with van der Waals surface area (Å²) < 4.78 is 13.9. The molecule has 0 radical (unpaired) electrons. The minimum Gasteiger partial charge on any atom is -0.493 e. The van der Waals surface area contributed by atoms with Gasteiger partial charge in [-0.1, -0.05) is 40.2 Å². The number of para-hydroxylation sites is 1. The fourth-order valence-corrected chi connectivity index (χ4v) is 3.52. The minimum atomic E-state index is -0.173. The van der Waals surface area contributed by atoms with Gasteiger partial charge in [-0.05, 0) is 29.8 Å². The first-order valence-corrected chi connectivity index (χ1v) is 8.85. The third-order valence-corrected chi connectivity index (χ3v) is 4.79. The molecule has 2 heterocycles. The normalized spacial score (nSPS) is 15.7. The molecule has 1 aliphatic heterocycles. The number of nitrogens with zero attached hydrogens (tertiary/aromatic N) is 3. The number of ether oxygens (including phenoxy) is 2. The molecule has 1 aromatic heterocycles. The smallest absolute Gasteiger partial charge is 0.226 e. The van der Waals surface area contributed by atoms with Crippen molar-refractivity contribution in [2.24, 2.45) is 0 Å². The fourth-order valence-electron chi connectivity index (χ4n) is 3.12. The molecule has 2 aromatic carbocycles. The van der Waals surface area contributed by atoms with Gasteiger partial charge in [-0.2, -0.15) is 10.1 Å². The van der Waals surface area contributed by atoms with Crippen LogP contribution in [0.2, 0.25) is 0 Å². The van der Waals surface area contributed by atoms with Crippen molar-refractivity contribution in [1.29, 1.82) is 0 Å².